The third-order valence-electron chi connectivity index (χ3n) is 4.86. The molecule has 0 saturated carbocycles. The van der Waals surface area contributed by atoms with Crippen molar-refractivity contribution in [2.75, 3.05) is 18.1 Å². The highest BCUT2D eigenvalue weighted by molar-refractivity contribution is 5.80. The average Bonchev–Trinajstić information content (AvgIpc) is 3.35. The average molecular weight is 463 g/mol. The molecule has 1 aromatic carbocycles. The number of aromatic nitrogens is 3. The molecule has 0 N–H and O–H groups in total. The van der Waals surface area contributed by atoms with Crippen LogP contribution in [0.15, 0.2) is 65.7 Å². The number of pyridine rings is 1. The van der Waals surface area contributed by atoms with Gasteiger partial charge in [0.15, 0.2) is 0 Å². The maximum atomic E-state index is 12.1. The summed E-state index contributed by atoms with van der Waals surface area (Å²) in [6, 6.07) is 12.2. The van der Waals surface area contributed by atoms with E-state index in [-0.39, 0.29) is 37.8 Å². The SMILES string of the molecule is CCOC(=O)CCN(Cc1ccco1)c1ncnc(Oc2ccc3ncccc3c2)c1[N+](=O)[O-]. The number of hydrogen-bond donors (Lipinski definition) is 0. The Bertz CT molecular complexity index is 1290. The highest BCUT2D eigenvalue weighted by Crippen LogP contribution is 2.37. The number of furan rings is 1. The zero-order chi connectivity index (χ0) is 23.9. The fourth-order valence-corrected chi connectivity index (χ4v) is 3.36. The number of fused-ring (bicyclic) bond motifs is 1. The van der Waals surface area contributed by atoms with E-state index in [1.54, 1.807) is 54.4 Å². The summed E-state index contributed by atoms with van der Waals surface area (Å²) in [6.07, 6.45) is 4.36. The lowest BCUT2D eigenvalue weighted by molar-refractivity contribution is -0.385. The molecule has 3 aromatic heterocycles. The van der Waals surface area contributed by atoms with Gasteiger partial charge in [-0.15, -0.1) is 0 Å². The molecule has 0 aliphatic heterocycles. The van der Waals surface area contributed by atoms with Crippen LogP contribution in [0.25, 0.3) is 10.9 Å². The molecule has 0 radical (unpaired) electrons. The van der Waals surface area contributed by atoms with Crippen molar-refractivity contribution >= 4 is 28.4 Å². The van der Waals surface area contributed by atoms with Crippen LogP contribution in [-0.4, -0.2) is 39.0 Å². The summed E-state index contributed by atoms with van der Waals surface area (Å²) in [7, 11) is 0. The van der Waals surface area contributed by atoms with Gasteiger partial charge in [-0.25, -0.2) is 4.98 Å². The van der Waals surface area contributed by atoms with Crippen molar-refractivity contribution in [3.05, 3.63) is 77.1 Å². The second kappa shape index (κ2) is 10.4. The van der Waals surface area contributed by atoms with Crippen LogP contribution in [0.5, 0.6) is 11.6 Å². The largest absolute Gasteiger partial charge is 0.467 e. The number of rotatable bonds is 10. The van der Waals surface area contributed by atoms with Crippen molar-refractivity contribution in [1.82, 2.24) is 15.0 Å². The van der Waals surface area contributed by atoms with E-state index in [9.17, 15) is 14.9 Å². The van der Waals surface area contributed by atoms with Gasteiger partial charge in [0.1, 0.15) is 17.8 Å². The van der Waals surface area contributed by atoms with Crippen LogP contribution in [-0.2, 0) is 16.1 Å². The number of benzene rings is 1. The summed E-state index contributed by atoms with van der Waals surface area (Å²) in [5.41, 5.74) is 0.334. The zero-order valence-electron chi connectivity index (χ0n) is 18.3. The molecule has 174 valence electrons. The maximum absolute atomic E-state index is 12.1. The van der Waals surface area contributed by atoms with Crippen LogP contribution < -0.4 is 9.64 Å². The normalized spacial score (nSPS) is 10.7. The zero-order valence-corrected chi connectivity index (χ0v) is 18.3. The molecule has 3 heterocycles. The first kappa shape index (κ1) is 22.6. The molecule has 4 rings (SSSR count). The first-order valence-electron chi connectivity index (χ1n) is 10.5. The molecule has 0 atom stereocenters. The van der Waals surface area contributed by atoms with Gasteiger partial charge in [0, 0.05) is 18.1 Å². The number of nitrogens with zero attached hydrogens (tertiary/aromatic N) is 5. The molecule has 0 aliphatic carbocycles. The standard InChI is InChI=1S/C23H21N5O6/c1-2-32-20(29)9-11-27(14-18-6-4-12-33-18)22-21(28(30)31)23(26-15-25-22)34-17-7-8-19-16(13-17)5-3-10-24-19/h3-8,10,12-13,15H,2,9,11,14H2,1H3. The molecule has 0 fully saturated rings. The molecule has 4 aromatic rings. The molecule has 34 heavy (non-hydrogen) atoms. The molecule has 0 amide bonds. The molecule has 0 spiro atoms. The van der Waals surface area contributed by atoms with E-state index in [4.69, 9.17) is 13.9 Å². The molecule has 11 nitrogen and oxygen atoms in total. The van der Waals surface area contributed by atoms with E-state index in [0.29, 0.717) is 11.5 Å². The van der Waals surface area contributed by atoms with Crippen LogP contribution in [0.2, 0.25) is 0 Å². The van der Waals surface area contributed by atoms with Gasteiger partial charge >= 0.3 is 17.5 Å². The number of carbonyl (C=O) groups is 1. The number of hydrogen-bond acceptors (Lipinski definition) is 10. The van der Waals surface area contributed by atoms with Crippen LogP contribution >= 0.6 is 0 Å². The molecule has 0 bridgehead atoms. The number of anilines is 1. The predicted molar refractivity (Wildman–Crippen MR) is 122 cm³/mol. The van der Waals surface area contributed by atoms with Gasteiger partial charge < -0.3 is 18.8 Å². The smallest absolute Gasteiger partial charge is 0.373 e. The van der Waals surface area contributed by atoms with Crippen LogP contribution in [0, 0.1) is 10.1 Å². The summed E-state index contributed by atoms with van der Waals surface area (Å²) >= 11 is 0. The maximum Gasteiger partial charge on any atom is 0.373 e. The monoisotopic (exact) mass is 463 g/mol. The predicted octanol–water partition coefficient (Wildman–Crippen LogP) is 4.28. The third-order valence-corrected chi connectivity index (χ3v) is 4.86. The Morgan fingerprint density at radius 3 is 2.82 bits per heavy atom. The first-order valence-corrected chi connectivity index (χ1v) is 10.5. The Morgan fingerprint density at radius 2 is 2.06 bits per heavy atom. The van der Waals surface area contributed by atoms with Crippen LogP contribution in [0.1, 0.15) is 19.1 Å². The Balaban J connectivity index is 1.68. The number of ether oxygens (including phenoxy) is 2. The van der Waals surface area contributed by atoms with Gasteiger partial charge in [-0.2, -0.15) is 4.98 Å². The first-order chi connectivity index (χ1) is 16.5. The topological polar surface area (TPSA) is 134 Å². The summed E-state index contributed by atoms with van der Waals surface area (Å²) < 4.78 is 16.2. The molecule has 0 aliphatic rings. The van der Waals surface area contributed by atoms with Gasteiger partial charge in [-0.1, -0.05) is 6.07 Å². The Hall–Kier alpha value is -4.54. The van der Waals surface area contributed by atoms with Gasteiger partial charge in [-0.3, -0.25) is 19.9 Å². The number of nitro groups is 1. The van der Waals surface area contributed by atoms with E-state index < -0.39 is 16.6 Å². The van der Waals surface area contributed by atoms with Crippen molar-refractivity contribution in [3.63, 3.8) is 0 Å². The fourth-order valence-electron chi connectivity index (χ4n) is 3.36. The van der Waals surface area contributed by atoms with E-state index >= 15 is 0 Å². The van der Waals surface area contributed by atoms with E-state index in [1.165, 1.54) is 12.6 Å². The second-order valence-corrected chi connectivity index (χ2v) is 7.12. The minimum absolute atomic E-state index is 0.00171. The lowest BCUT2D eigenvalue weighted by Crippen LogP contribution is -2.28. The summed E-state index contributed by atoms with van der Waals surface area (Å²) in [4.78, 5) is 37.4. The van der Waals surface area contributed by atoms with E-state index in [2.05, 4.69) is 15.0 Å². The van der Waals surface area contributed by atoms with Gasteiger partial charge in [0.2, 0.25) is 5.82 Å². The minimum Gasteiger partial charge on any atom is -0.467 e. The van der Waals surface area contributed by atoms with Crippen LogP contribution in [0.3, 0.4) is 0 Å². The molecule has 0 saturated heterocycles. The molecular formula is C23H21N5O6. The number of carbonyl (C=O) groups excluding carboxylic acids is 1. The van der Waals surface area contributed by atoms with Crippen LogP contribution in [0.4, 0.5) is 11.5 Å². The minimum atomic E-state index is -0.604. The summed E-state index contributed by atoms with van der Waals surface area (Å²) in [5.74, 6) is 0.250. The van der Waals surface area contributed by atoms with Gasteiger partial charge in [0.05, 0.1) is 36.3 Å². The quantitative estimate of drug-likeness (QED) is 0.190. The summed E-state index contributed by atoms with van der Waals surface area (Å²) in [6.45, 7) is 2.20. The Labute approximate surface area is 194 Å². The molecule has 11 heteroatoms. The molecular weight excluding hydrogens is 442 g/mol. The van der Waals surface area contributed by atoms with Gasteiger partial charge in [-0.05, 0) is 43.3 Å². The second-order valence-electron chi connectivity index (χ2n) is 7.12. The van der Waals surface area contributed by atoms with Crippen molar-refractivity contribution in [3.8, 4) is 11.6 Å². The Morgan fingerprint density at radius 1 is 1.18 bits per heavy atom. The third kappa shape index (κ3) is 5.26. The van der Waals surface area contributed by atoms with Crippen molar-refractivity contribution in [2.24, 2.45) is 0 Å². The highest BCUT2D eigenvalue weighted by atomic mass is 16.6. The highest BCUT2D eigenvalue weighted by Gasteiger charge is 2.29. The van der Waals surface area contributed by atoms with Crippen molar-refractivity contribution in [1.29, 1.82) is 0 Å². The van der Waals surface area contributed by atoms with E-state index in [0.717, 1.165) is 10.9 Å². The lowest BCUT2D eigenvalue weighted by Gasteiger charge is -2.22. The van der Waals surface area contributed by atoms with E-state index in [1.807, 2.05) is 6.07 Å². The van der Waals surface area contributed by atoms with Gasteiger partial charge in [0.25, 0.3) is 0 Å². The fraction of sp³-hybridized carbons (Fsp3) is 0.217. The number of esters is 1. The van der Waals surface area contributed by atoms with Crippen molar-refractivity contribution in [2.45, 2.75) is 19.9 Å². The molecule has 0 unspecified atom stereocenters. The van der Waals surface area contributed by atoms with Crippen molar-refractivity contribution < 1.29 is 23.6 Å². The summed E-state index contributed by atoms with van der Waals surface area (Å²) in [5, 5.41) is 12.9. The lowest BCUT2D eigenvalue weighted by atomic mass is 10.2. The Kier molecular flexibility index (Phi) is 6.92.